The van der Waals surface area contributed by atoms with E-state index < -0.39 is 16.6 Å². The first kappa shape index (κ1) is 17.2. The standard InChI is InChI=1S/C17H13F2N3O5S/c18-16(19)26-9-1-2-13-11(5-9)14-12(6-17(13)3-4-17)15(21-27-14)22-28(23,24)10-7-20-25-8-10/h1-2,5,7-8,16H,3-4,6H2,(H,21,22). The molecule has 2 heterocycles. The van der Waals surface area contributed by atoms with Crippen molar-refractivity contribution in [3.63, 3.8) is 0 Å². The number of alkyl halides is 2. The molecule has 0 aliphatic heterocycles. The Hall–Kier alpha value is -2.95. The molecule has 1 saturated carbocycles. The van der Waals surface area contributed by atoms with Gasteiger partial charge in [-0.15, -0.1) is 0 Å². The van der Waals surface area contributed by atoms with Crippen molar-refractivity contribution in [2.45, 2.75) is 36.2 Å². The van der Waals surface area contributed by atoms with Crippen molar-refractivity contribution in [1.82, 2.24) is 10.3 Å². The van der Waals surface area contributed by atoms with Crippen LogP contribution in [-0.4, -0.2) is 25.3 Å². The second-order valence-corrected chi connectivity index (χ2v) is 8.53. The van der Waals surface area contributed by atoms with Crippen LogP contribution in [0.3, 0.4) is 0 Å². The highest BCUT2D eigenvalue weighted by atomic mass is 32.2. The molecule has 0 radical (unpaired) electrons. The second-order valence-electron chi connectivity index (χ2n) is 6.85. The maximum Gasteiger partial charge on any atom is 0.387 e. The van der Waals surface area contributed by atoms with Gasteiger partial charge in [0.1, 0.15) is 16.9 Å². The van der Waals surface area contributed by atoms with E-state index in [1.165, 1.54) is 12.1 Å². The largest absolute Gasteiger partial charge is 0.435 e. The SMILES string of the molecule is O=S(=O)(Nc1noc2c1CC1(CC1)c1ccc(OC(F)F)cc1-2)c1cnoc1. The second kappa shape index (κ2) is 5.77. The summed E-state index contributed by atoms with van der Waals surface area (Å²) < 4.78 is 66.9. The van der Waals surface area contributed by atoms with Crippen LogP contribution in [0.25, 0.3) is 11.3 Å². The van der Waals surface area contributed by atoms with Crippen LogP contribution in [0.2, 0.25) is 0 Å². The van der Waals surface area contributed by atoms with Crippen LogP contribution in [0.5, 0.6) is 5.75 Å². The van der Waals surface area contributed by atoms with Gasteiger partial charge < -0.3 is 13.8 Å². The fourth-order valence-corrected chi connectivity index (χ4v) is 4.54. The minimum absolute atomic E-state index is 0.000372. The summed E-state index contributed by atoms with van der Waals surface area (Å²) in [5.74, 6) is 0.406. The number of fused-ring (bicyclic) bond motifs is 4. The van der Waals surface area contributed by atoms with Gasteiger partial charge in [-0.25, -0.2) is 8.42 Å². The number of aromatic nitrogens is 2. The molecule has 0 bridgehead atoms. The van der Waals surface area contributed by atoms with Crippen LogP contribution in [-0.2, 0) is 21.9 Å². The lowest BCUT2D eigenvalue weighted by molar-refractivity contribution is -0.0498. The molecule has 0 saturated heterocycles. The Bertz CT molecular complexity index is 1150. The van der Waals surface area contributed by atoms with Gasteiger partial charge >= 0.3 is 6.61 Å². The van der Waals surface area contributed by atoms with E-state index in [9.17, 15) is 17.2 Å². The third kappa shape index (κ3) is 2.65. The molecule has 28 heavy (non-hydrogen) atoms. The number of nitrogens with one attached hydrogen (secondary N) is 1. The Kier molecular flexibility index (Phi) is 3.54. The Labute approximate surface area is 157 Å². The summed E-state index contributed by atoms with van der Waals surface area (Å²) >= 11 is 0. The van der Waals surface area contributed by atoms with Gasteiger partial charge in [0.05, 0.1) is 6.20 Å². The zero-order valence-corrected chi connectivity index (χ0v) is 15.0. The van der Waals surface area contributed by atoms with Crippen molar-refractivity contribution in [2.75, 3.05) is 4.72 Å². The minimum atomic E-state index is -3.94. The lowest BCUT2D eigenvalue weighted by Gasteiger charge is -2.24. The fraction of sp³-hybridized carbons (Fsp3) is 0.294. The molecule has 2 aliphatic rings. The normalized spacial score (nSPS) is 16.7. The van der Waals surface area contributed by atoms with E-state index >= 15 is 0 Å². The summed E-state index contributed by atoms with van der Waals surface area (Å²) in [6.45, 7) is -2.95. The number of benzene rings is 1. The van der Waals surface area contributed by atoms with Gasteiger partial charge in [-0.05, 0) is 37.0 Å². The third-order valence-electron chi connectivity index (χ3n) is 5.14. The summed E-state index contributed by atoms with van der Waals surface area (Å²) in [5.41, 5.74) is 1.96. The summed E-state index contributed by atoms with van der Waals surface area (Å²) in [5, 5.41) is 7.26. The maximum absolute atomic E-state index is 12.6. The quantitative estimate of drug-likeness (QED) is 0.689. The Balaban J connectivity index is 1.57. The molecule has 2 aromatic heterocycles. The number of hydrogen-bond acceptors (Lipinski definition) is 7. The number of halogens is 2. The Morgan fingerprint density at radius 3 is 2.79 bits per heavy atom. The summed E-state index contributed by atoms with van der Waals surface area (Å²) in [6.07, 6.45) is 4.41. The first-order chi connectivity index (χ1) is 13.4. The minimum Gasteiger partial charge on any atom is -0.435 e. The summed E-state index contributed by atoms with van der Waals surface area (Å²) in [7, 11) is -3.94. The Morgan fingerprint density at radius 1 is 1.29 bits per heavy atom. The van der Waals surface area contributed by atoms with E-state index in [1.807, 2.05) is 0 Å². The molecule has 2 aliphatic carbocycles. The van der Waals surface area contributed by atoms with E-state index in [1.54, 1.807) is 6.07 Å². The van der Waals surface area contributed by atoms with Crippen molar-refractivity contribution in [3.8, 4) is 17.1 Å². The van der Waals surface area contributed by atoms with Gasteiger partial charge in [-0.2, -0.15) is 8.78 Å². The molecule has 1 spiro atoms. The Morgan fingerprint density at radius 2 is 2.11 bits per heavy atom. The number of ether oxygens (including phenoxy) is 1. The van der Waals surface area contributed by atoms with Crippen molar-refractivity contribution < 1.29 is 31.0 Å². The van der Waals surface area contributed by atoms with E-state index in [0.717, 1.165) is 30.9 Å². The topological polar surface area (TPSA) is 107 Å². The summed E-state index contributed by atoms with van der Waals surface area (Å²) in [6, 6.07) is 4.73. The molecule has 5 rings (SSSR count). The highest BCUT2D eigenvalue weighted by Gasteiger charge is 2.50. The van der Waals surface area contributed by atoms with Crippen molar-refractivity contribution in [1.29, 1.82) is 0 Å². The molecule has 11 heteroatoms. The lowest BCUT2D eigenvalue weighted by atomic mass is 9.79. The number of anilines is 1. The molecule has 146 valence electrons. The van der Waals surface area contributed by atoms with E-state index in [0.29, 0.717) is 23.3 Å². The zero-order chi connectivity index (χ0) is 19.5. The molecule has 0 amide bonds. The van der Waals surface area contributed by atoms with Crippen LogP contribution in [0.1, 0.15) is 24.0 Å². The molecular formula is C17H13F2N3O5S. The highest BCUT2D eigenvalue weighted by molar-refractivity contribution is 7.92. The molecule has 0 atom stereocenters. The van der Waals surface area contributed by atoms with Crippen molar-refractivity contribution in [2.24, 2.45) is 0 Å². The third-order valence-corrected chi connectivity index (χ3v) is 6.42. The van der Waals surface area contributed by atoms with Gasteiger partial charge in [0, 0.05) is 16.5 Å². The van der Waals surface area contributed by atoms with Crippen LogP contribution in [0.15, 0.2) is 44.6 Å². The number of sulfonamides is 1. The molecule has 1 fully saturated rings. The average molecular weight is 409 g/mol. The molecule has 8 nitrogen and oxygen atoms in total. The molecule has 3 aromatic rings. The van der Waals surface area contributed by atoms with Crippen LogP contribution < -0.4 is 9.46 Å². The van der Waals surface area contributed by atoms with Gasteiger partial charge in [-0.3, -0.25) is 4.72 Å². The fourth-order valence-electron chi connectivity index (χ4n) is 3.66. The van der Waals surface area contributed by atoms with Gasteiger partial charge in [0.25, 0.3) is 10.0 Å². The number of nitrogens with zero attached hydrogens (tertiary/aromatic N) is 2. The molecule has 1 N–H and O–H groups in total. The van der Waals surface area contributed by atoms with E-state index in [-0.39, 0.29) is 21.9 Å². The number of hydrogen-bond donors (Lipinski definition) is 1. The van der Waals surface area contributed by atoms with E-state index in [2.05, 4.69) is 24.3 Å². The van der Waals surface area contributed by atoms with Crippen LogP contribution in [0.4, 0.5) is 14.6 Å². The predicted octanol–water partition coefficient (Wildman–Crippen LogP) is 3.32. The van der Waals surface area contributed by atoms with Crippen molar-refractivity contribution in [3.05, 3.63) is 41.8 Å². The predicted molar refractivity (Wildman–Crippen MR) is 90.5 cm³/mol. The number of rotatable bonds is 5. The first-order valence-corrected chi connectivity index (χ1v) is 9.87. The maximum atomic E-state index is 12.6. The zero-order valence-electron chi connectivity index (χ0n) is 14.2. The monoisotopic (exact) mass is 409 g/mol. The highest BCUT2D eigenvalue weighted by Crippen LogP contribution is 2.58. The first-order valence-electron chi connectivity index (χ1n) is 8.38. The summed E-state index contributed by atoms with van der Waals surface area (Å²) in [4.78, 5) is -0.144. The smallest absolute Gasteiger partial charge is 0.387 e. The molecule has 1 aromatic carbocycles. The van der Waals surface area contributed by atoms with Gasteiger partial charge in [-0.1, -0.05) is 16.4 Å². The van der Waals surface area contributed by atoms with Gasteiger partial charge in [0.15, 0.2) is 11.6 Å². The average Bonchev–Trinajstić information content (AvgIpc) is 3.05. The lowest BCUT2D eigenvalue weighted by Crippen LogP contribution is -2.19. The van der Waals surface area contributed by atoms with Gasteiger partial charge in [0.2, 0.25) is 0 Å². The molecular weight excluding hydrogens is 396 g/mol. The van der Waals surface area contributed by atoms with E-state index in [4.69, 9.17) is 4.52 Å². The van der Waals surface area contributed by atoms with Crippen LogP contribution in [0, 0.1) is 0 Å². The van der Waals surface area contributed by atoms with Crippen molar-refractivity contribution >= 4 is 15.8 Å². The molecule has 0 unspecified atom stereocenters. The van der Waals surface area contributed by atoms with Crippen LogP contribution >= 0.6 is 0 Å².